The molecular formula is C22H37N3OSn. The van der Waals surface area contributed by atoms with E-state index in [1.165, 1.54) is 51.8 Å². The molecule has 2 aromatic heterocycles. The minimum absolute atomic E-state index is 0.850. The molecule has 0 spiro atoms. The van der Waals surface area contributed by atoms with E-state index in [2.05, 4.69) is 38.0 Å². The van der Waals surface area contributed by atoms with Crippen molar-refractivity contribution in [1.29, 1.82) is 0 Å². The van der Waals surface area contributed by atoms with Crippen LogP contribution in [0.2, 0.25) is 13.3 Å². The Balaban J connectivity index is 2.46. The van der Waals surface area contributed by atoms with Gasteiger partial charge in [0.15, 0.2) is 0 Å². The fourth-order valence-electron chi connectivity index (χ4n) is 3.96. The van der Waals surface area contributed by atoms with Gasteiger partial charge in [0.2, 0.25) is 0 Å². The fourth-order valence-corrected chi connectivity index (χ4v) is 19.6. The first-order valence-corrected chi connectivity index (χ1v) is 18.1. The van der Waals surface area contributed by atoms with E-state index in [-0.39, 0.29) is 0 Å². The maximum absolute atomic E-state index is 5.78. The second-order valence-corrected chi connectivity index (χ2v) is 21.0. The average Bonchev–Trinajstić information content (AvgIpc) is 3.13. The summed E-state index contributed by atoms with van der Waals surface area (Å²) < 4.78 is 13.6. The first kappa shape index (κ1) is 22.2. The van der Waals surface area contributed by atoms with Crippen molar-refractivity contribution in [2.75, 3.05) is 7.11 Å². The van der Waals surface area contributed by atoms with Crippen LogP contribution in [0.4, 0.5) is 0 Å². The normalized spacial score (nSPS) is 11.7. The summed E-state index contributed by atoms with van der Waals surface area (Å²) in [4.78, 5) is 9.22. The Morgan fingerprint density at radius 1 is 0.963 bits per heavy atom. The third-order valence-electron chi connectivity index (χ3n) is 5.65. The van der Waals surface area contributed by atoms with Gasteiger partial charge in [-0.3, -0.25) is 0 Å². The Morgan fingerprint density at radius 3 is 2.00 bits per heavy atom. The molecular weight excluding hydrogens is 441 g/mol. The number of ether oxygens (including phenoxy) is 1. The summed E-state index contributed by atoms with van der Waals surface area (Å²) in [6, 6.07) is 2.33. The van der Waals surface area contributed by atoms with E-state index in [0.717, 1.165) is 17.3 Å². The van der Waals surface area contributed by atoms with Crippen LogP contribution in [0.25, 0.3) is 5.82 Å². The van der Waals surface area contributed by atoms with Crippen molar-refractivity contribution in [3.63, 3.8) is 0 Å². The van der Waals surface area contributed by atoms with Gasteiger partial charge in [-0.25, -0.2) is 0 Å². The fraction of sp³-hybridized carbons (Fsp3) is 0.636. The zero-order valence-electron chi connectivity index (χ0n) is 17.9. The molecule has 0 saturated carbocycles. The van der Waals surface area contributed by atoms with Crippen LogP contribution in [0, 0.1) is 6.92 Å². The van der Waals surface area contributed by atoms with Crippen LogP contribution < -0.4 is 8.32 Å². The topological polar surface area (TPSA) is 39.9 Å². The summed E-state index contributed by atoms with van der Waals surface area (Å²) in [7, 11) is 1.76. The van der Waals surface area contributed by atoms with Crippen LogP contribution in [0.1, 0.15) is 65.0 Å². The molecule has 27 heavy (non-hydrogen) atoms. The van der Waals surface area contributed by atoms with Crippen molar-refractivity contribution in [1.82, 2.24) is 14.5 Å². The average molecular weight is 478 g/mol. The Bertz CT molecular complexity index is 677. The van der Waals surface area contributed by atoms with Crippen molar-refractivity contribution >= 4 is 22.0 Å². The van der Waals surface area contributed by atoms with Crippen molar-refractivity contribution in [3.8, 4) is 11.6 Å². The molecule has 0 amide bonds. The molecule has 150 valence electrons. The van der Waals surface area contributed by atoms with Crippen molar-refractivity contribution in [2.45, 2.75) is 79.5 Å². The van der Waals surface area contributed by atoms with Gasteiger partial charge < -0.3 is 0 Å². The molecule has 0 N–H and O–H groups in total. The monoisotopic (exact) mass is 479 g/mol. The van der Waals surface area contributed by atoms with Gasteiger partial charge in [-0.1, -0.05) is 0 Å². The van der Waals surface area contributed by atoms with Crippen molar-refractivity contribution < 1.29 is 4.74 Å². The van der Waals surface area contributed by atoms with E-state index in [1.807, 2.05) is 24.0 Å². The molecule has 0 aliphatic rings. The van der Waals surface area contributed by atoms with Gasteiger partial charge in [-0.15, -0.1) is 0 Å². The number of unbranched alkanes of at least 4 members (excludes halogenated alkanes) is 3. The summed E-state index contributed by atoms with van der Waals surface area (Å²) in [5.74, 6) is 1.74. The number of imidazole rings is 1. The van der Waals surface area contributed by atoms with Crippen LogP contribution in [-0.4, -0.2) is 40.0 Å². The van der Waals surface area contributed by atoms with Gasteiger partial charge in [-0.05, 0) is 0 Å². The number of pyridine rings is 1. The predicted octanol–water partition coefficient (Wildman–Crippen LogP) is 5.64. The Morgan fingerprint density at radius 2 is 1.56 bits per heavy atom. The summed E-state index contributed by atoms with van der Waals surface area (Å²) in [6.07, 6.45) is 13.9. The molecule has 2 rings (SSSR count). The van der Waals surface area contributed by atoms with Crippen molar-refractivity contribution in [2.24, 2.45) is 0 Å². The second kappa shape index (κ2) is 11.1. The first-order chi connectivity index (χ1) is 13.1. The molecule has 0 aliphatic carbocycles. The minimum atomic E-state index is -2.48. The van der Waals surface area contributed by atoms with Gasteiger partial charge >= 0.3 is 170 Å². The van der Waals surface area contributed by atoms with Gasteiger partial charge in [0.05, 0.1) is 0 Å². The number of methoxy groups -OCH3 is 1. The molecule has 0 saturated heterocycles. The van der Waals surface area contributed by atoms with E-state index in [4.69, 9.17) is 9.72 Å². The van der Waals surface area contributed by atoms with Gasteiger partial charge in [0.1, 0.15) is 0 Å². The molecule has 2 heterocycles. The van der Waals surface area contributed by atoms with Crippen LogP contribution in [0.3, 0.4) is 0 Å². The third-order valence-corrected chi connectivity index (χ3v) is 21.1. The molecule has 4 nitrogen and oxygen atoms in total. The SMILES string of the molecule is CCC[CH2][Sn]([CH2]CCC)([CH2]CCC)[c]1cnc(-n2cnc(C)c2)c(OC)c1. The number of rotatable bonds is 12. The molecule has 0 atom stereocenters. The van der Waals surface area contributed by atoms with Crippen LogP contribution in [0.5, 0.6) is 5.75 Å². The first-order valence-electron chi connectivity index (χ1n) is 10.7. The Hall–Kier alpha value is -1.04. The molecule has 0 fully saturated rings. The summed E-state index contributed by atoms with van der Waals surface area (Å²) in [5.41, 5.74) is 0.991. The summed E-state index contributed by atoms with van der Waals surface area (Å²) >= 11 is -2.48. The molecule has 5 heteroatoms. The van der Waals surface area contributed by atoms with Crippen molar-refractivity contribution in [3.05, 3.63) is 30.5 Å². The number of aromatic nitrogens is 3. The Labute approximate surface area is 169 Å². The molecule has 0 radical (unpaired) electrons. The standard InChI is InChI=1S/C10H10N3O.3C4H9.Sn/c1-8-6-13(7-12-8)10-9(14-2)4-3-5-11-10;3*1-3-4-2;/h4-7H,1-2H3;3*1,3-4H2,2H3;. The number of hydrogen-bond donors (Lipinski definition) is 0. The van der Waals surface area contributed by atoms with E-state index in [9.17, 15) is 0 Å². The van der Waals surface area contributed by atoms with Gasteiger partial charge in [0, 0.05) is 0 Å². The summed E-state index contributed by atoms with van der Waals surface area (Å²) in [6.45, 7) is 8.96. The predicted molar refractivity (Wildman–Crippen MR) is 117 cm³/mol. The zero-order chi connectivity index (χ0) is 19.7. The van der Waals surface area contributed by atoms with E-state index < -0.39 is 18.4 Å². The zero-order valence-corrected chi connectivity index (χ0v) is 20.8. The van der Waals surface area contributed by atoms with E-state index in [0.29, 0.717) is 0 Å². The second-order valence-electron chi connectivity index (χ2n) is 7.76. The maximum atomic E-state index is 5.78. The molecule has 0 aliphatic heterocycles. The van der Waals surface area contributed by atoms with Gasteiger partial charge in [0.25, 0.3) is 0 Å². The van der Waals surface area contributed by atoms with E-state index >= 15 is 0 Å². The van der Waals surface area contributed by atoms with E-state index in [1.54, 1.807) is 10.7 Å². The Kier molecular flexibility index (Phi) is 9.13. The molecule has 0 bridgehead atoms. The summed E-state index contributed by atoms with van der Waals surface area (Å²) in [5, 5.41) is 0. The van der Waals surface area contributed by atoms with Crippen LogP contribution in [0.15, 0.2) is 24.8 Å². The number of nitrogens with zero attached hydrogens (tertiary/aromatic N) is 3. The third kappa shape index (κ3) is 5.72. The van der Waals surface area contributed by atoms with Crippen LogP contribution >= 0.6 is 0 Å². The quantitative estimate of drug-likeness (QED) is 0.371. The van der Waals surface area contributed by atoms with Crippen LogP contribution in [-0.2, 0) is 0 Å². The van der Waals surface area contributed by atoms with Gasteiger partial charge in [-0.2, -0.15) is 0 Å². The molecule has 0 unspecified atom stereocenters. The number of aryl methyl sites for hydroxylation is 1. The molecule has 0 aromatic carbocycles. The number of hydrogen-bond acceptors (Lipinski definition) is 3. The molecule has 2 aromatic rings.